The van der Waals surface area contributed by atoms with Crippen molar-refractivity contribution in [3.8, 4) is 6.07 Å². The number of aliphatic imine (C=N–C) groups is 1. The van der Waals surface area contributed by atoms with Gasteiger partial charge in [0, 0.05) is 24.4 Å². The number of nitrogens with zero attached hydrogens (tertiary/aromatic N) is 4. The first-order valence-electron chi connectivity index (χ1n) is 8.34. The molecule has 0 unspecified atom stereocenters. The van der Waals surface area contributed by atoms with Crippen LogP contribution in [0.4, 0.5) is 10.1 Å². The molecule has 0 N–H and O–H groups in total. The van der Waals surface area contributed by atoms with Gasteiger partial charge in [0.2, 0.25) is 5.89 Å². The first kappa shape index (κ1) is 17.6. The van der Waals surface area contributed by atoms with E-state index < -0.39 is 5.82 Å². The molecule has 6 heteroatoms. The summed E-state index contributed by atoms with van der Waals surface area (Å²) in [4.78, 5) is 10.6. The van der Waals surface area contributed by atoms with Crippen molar-refractivity contribution < 1.29 is 8.81 Å². The number of halogens is 1. The van der Waals surface area contributed by atoms with Crippen molar-refractivity contribution in [2.24, 2.45) is 4.99 Å². The predicted molar refractivity (Wildman–Crippen MR) is 98.5 cm³/mol. The van der Waals surface area contributed by atoms with Crippen LogP contribution in [0.3, 0.4) is 0 Å². The number of hydrogen-bond donors (Lipinski definition) is 0. The van der Waals surface area contributed by atoms with Gasteiger partial charge in [0.1, 0.15) is 17.3 Å². The number of aromatic nitrogens is 1. The maximum absolute atomic E-state index is 13.7. The highest BCUT2D eigenvalue weighted by Gasteiger charge is 2.23. The lowest BCUT2D eigenvalue weighted by molar-refractivity contribution is 0.453. The van der Waals surface area contributed by atoms with Gasteiger partial charge in [0.05, 0.1) is 24.6 Å². The molecule has 0 amide bonds. The fraction of sp³-hybridized carbons (Fsp3) is 0.250. The molecule has 0 bridgehead atoms. The zero-order valence-corrected chi connectivity index (χ0v) is 14.6. The Morgan fingerprint density at radius 1 is 1.50 bits per heavy atom. The molecule has 0 saturated heterocycles. The van der Waals surface area contributed by atoms with Crippen molar-refractivity contribution >= 4 is 12.4 Å². The molecule has 0 spiro atoms. The second-order valence-electron chi connectivity index (χ2n) is 5.98. The third-order valence-electron chi connectivity index (χ3n) is 4.17. The molecule has 132 valence electrons. The summed E-state index contributed by atoms with van der Waals surface area (Å²) >= 11 is 0. The quantitative estimate of drug-likeness (QED) is 0.605. The maximum Gasteiger partial charge on any atom is 0.200 e. The van der Waals surface area contributed by atoms with Crippen molar-refractivity contribution in [1.29, 1.82) is 5.26 Å². The van der Waals surface area contributed by atoms with Crippen LogP contribution in [0.5, 0.6) is 0 Å². The van der Waals surface area contributed by atoms with Crippen molar-refractivity contribution in [2.75, 3.05) is 11.4 Å². The molecular formula is C20H19FN4O. The Bertz CT molecular complexity index is 920. The molecule has 0 aliphatic carbocycles. The molecule has 1 aliphatic rings. The second kappa shape index (κ2) is 7.79. The normalized spacial score (nSPS) is 14.3. The molecule has 1 aliphatic heterocycles. The number of fused-ring (bicyclic) bond motifs is 1. The Labute approximate surface area is 151 Å². The Morgan fingerprint density at radius 3 is 3.08 bits per heavy atom. The summed E-state index contributed by atoms with van der Waals surface area (Å²) in [6.07, 6.45) is 6.83. The summed E-state index contributed by atoms with van der Waals surface area (Å²) in [6.45, 7) is 6.70. The summed E-state index contributed by atoms with van der Waals surface area (Å²) in [7, 11) is 0. The van der Waals surface area contributed by atoms with E-state index in [9.17, 15) is 4.39 Å². The van der Waals surface area contributed by atoms with E-state index in [4.69, 9.17) is 9.68 Å². The lowest BCUT2D eigenvalue weighted by Gasteiger charge is -2.27. The highest BCUT2D eigenvalue weighted by Crippen LogP contribution is 2.27. The second-order valence-corrected chi connectivity index (χ2v) is 5.98. The minimum Gasteiger partial charge on any atom is -0.445 e. The van der Waals surface area contributed by atoms with E-state index in [1.165, 1.54) is 12.1 Å². The molecule has 2 aromatic rings. The molecule has 3 rings (SSSR count). The predicted octanol–water partition coefficient (Wildman–Crippen LogP) is 3.95. The van der Waals surface area contributed by atoms with Gasteiger partial charge in [-0.15, -0.1) is 0 Å². The molecule has 0 fully saturated rings. The van der Waals surface area contributed by atoms with Crippen LogP contribution in [0.2, 0.25) is 0 Å². The van der Waals surface area contributed by atoms with Crippen molar-refractivity contribution in [1.82, 2.24) is 4.98 Å². The van der Waals surface area contributed by atoms with Gasteiger partial charge in [-0.3, -0.25) is 4.99 Å². The lowest BCUT2D eigenvalue weighted by Crippen LogP contribution is -2.30. The Morgan fingerprint density at radius 2 is 2.35 bits per heavy atom. The van der Waals surface area contributed by atoms with Gasteiger partial charge in [0.15, 0.2) is 0 Å². The minimum absolute atomic E-state index is 0.308. The van der Waals surface area contributed by atoms with E-state index in [1.54, 1.807) is 6.07 Å². The van der Waals surface area contributed by atoms with Gasteiger partial charge in [-0.2, -0.15) is 5.26 Å². The molecule has 0 radical (unpaired) electrons. The van der Waals surface area contributed by atoms with Crippen LogP contribution in [-0.2, 0) is 19.4 Å². The maximum atomic E-state index is 13.7. The SMILES string of the molecule is C=NC(=CC=CC)Cc1nc2c(o1)CCN(c1cc(F)cc(C#N)c1)C2. The number of nitriles is 1. The number of anilines is 1. The molecule has 2 heterocycles. The van der Waals surface area contributed by atoms with Crippen LogP contribution in [0.25, 0.3) is 0 Å². The number of benzene rings is 1. The summed E-state index contributed by atoms with van der Waals surface area (Å²) in [5, 5.41) is 9.03. The first-order valence-corrected chi connectivity index (χ1v) is 8.34. The van der Waals surface area contributed by atoms with E-state index in [0.29, 0.717) is 43.1 Å². The fourth-order valence-electron chi connectivity index (χ4n) is 2.90. The van der Waals surface area contributed by atoms with Gasteiger partial charge in [-0.25, -0.2) is 9.37 Å². The summed E-state index contributed by atoms with van der Waals surface area (Å²) in [6, 6.07) is 6.34. The highest BCUT2D eigenvalue weighted by atomic mass is 19.1. The molecular weight excluding hydrogens is 331 g/mol. The van der Waals surface area contributed by atoms with Crippen molar-refractivity contribution in [3.63, 3.8) is 0 Å². The third kappa shape index (κ3) is 3.89. The van der Waals surface area contributed by atoms with Gasteiger partial charge >= 0.3 is 0 Å². The van der Waals surface area contributed by atoms with Gasteiger partial charge < -0.3 is 9.32 Å². The third-order valence-corrected chi connectivity index (χ3v) is 4.17. The average Bonchev–Trinajstić information content (AvgIpc) is 3.05. The van der Waals surface area contributed by atoms with Gasteiger partial charge in [-0.05, 0) is 37.9 Å². The smallest absolute Gasteiger partial charge is 0.200 e. The van der Waals surface area contributed by atoms with Crippen LogP contribution in [-0.4, -0.2) is 18.2 Å². The van der Waals surface area contributed by atoms with E-state index in [-0.39, 0.29) is 0 Å². The lowest BCUT2D eigenvalue weighted by atomic mass is 10.1. The van der Waals surface area contributed by atoms with Crippen LogP contribution in [0.15, 0.2) is 51.5 Å². The van der Waals surface area contributed by atoms with Crippen molar-refractivity contribution in [3.05, 3.63) is 70.8 Å². The van der Waals surface area contributed by atoms with E-state index in [2.05, 4.69) is 16.7 Å². The zero-order chi connectivity index (χ0) is 18.5. The molecule has 1 aromatic heterocycles. The van der Waals surface area contributed by atoms with Gasteiger partial charge in [-0.1, -0.05) is 12.2 Å². The summed E-state index contributed by atoms with van der Waals surface area (Å²) in [5.41, 5.74) is 2.60. The standard InChI is InChI=1S/C20H19FN4O/c1-3-4-5-16(23-2)11-20-24-18-13-25(7-6-19(18)26-20)17-9-14(12-22)8-15(21)10-17/h3-5,8-10H,2,6-7,11,13H2,1H3. The zero-order valence-electron chi connectivity index (χ0n) is 14.6. The summed E-state index contributed by atoms with van der Waals surface area (Å²) in [5.74, 6) is 1.03. The number of rotatable bonds is 5. The number of oxazole rings is 1. The van der Waals surface area contributed by atoms with Crippen molar-refractivity contribution in [2.45, 2.75) is 26.3 Å². The molecule has 0 saturated carbocycles. The Kier molecular flexibility index (Phi) is 5.28. The monoisotopic (exact) mass is 350 g/mol. The topological polar surface area (TPSA) is 65.4 Å². The van der Waals surface area contributed by atoms with Gasteiger partial charge in [0.25, 0.3) is 0 Å². The van der Waals surface area contributed by atoms with Crippen LogP contribution in [0, 0.1) is 17.1 Å². The molecule has 0 atom stereocenters. The largest absolute Gasteiger partial charge is 0.445 e. The van der Waals surface area contributed by atoms with Crippen LogP contribution in [0.1, 0.15) is 29.8 Å². The van der Waals surface area contributed by atoms with E-state index >= 15 is 0 Å². The van der Waals surface area contributed by atoms with E-state index in [0.717, 1.165) is 17.2 Å². The number of hydrogen-bond acceptors (Lipinski definition) is 5. The summed E-state index contributed by atoms with van der Waals surface area (Å²) < 4.78 is 19.6. The fourth-order valence-corrected chi connectivity index (χ4v) is 2.90. The average molecular weight is 350 g/mol. The molecule has 26 heavy (non-hydrogen) atoms. The van der Waals surface area contributed by atoms with Crippen LogP contribution >= 0.6 is 0 Å². The first-order chi connectivity index (χ1) is 12.6. The van der Waals surface area contributed by atoms with Crippen LogP contribution < -0.4 is 4.90 Å². The van der Waals surface area contributed by atoms with E-state index in [1.807, 2.05) is 36.1 Å². The molecule has 1 aromatic carbocycles. The Balaban J connectivity index is 1.79. The number of allylic oxidation sites excluding steroid dienone is 4. The molecule has 5 nitrogen and oxygen atoms in total. The highest BCUT2D eigenvalue weighted by molar-refractivity contribution is 5.53. The minimum atomic E-state index is -0.415. The Hall–Kier alpha value is -3.20.